The molecule has 1 aliphatic heterocycles. The maximum atomic E-state index is 14.3. The highest BCUT2D eigenvalue weighted by atomic mass is 16.5. The van der Waals surface area contributed by atoms with Crippen molar-refractivity contribution in [3.8, 4) is 11.5 Å². The number of aryl methyl sites for hydroxylation is 3. The normalized spacial score (nSPS) is 15.3. The van der Waals surface area contributed by atoms with Crippen molar-refractivity contribution < 1.29 is 19.1 Å². The molecule has 9 nitrogen and oxygen atoms in total. The summed E-state index contributed by atoms with van der Waals surface area (Å²) in [5.74, 6) is 0.0317. The van der Waals surface area contributed by atoms with Crippen LogP contribution in [0, 0.1) is 19.8 Å². The average molecular weight is 668 g/mol. The Morgan fingerprint density at radius 1 is 0.820 bits per heavy atom. The predicted molar refractivity (Wildman–Crippen MR) is 195 cm³/mol. The van der Waals surface area contributed by atoms with Crippen molar-refractivity contribution in [2.75, 3.05) is 0 Å². The van der Waals surface area contributed by atoms with E-state index in [2.05, 4.69) is 34.5 Å². The molecule has 6 aromatic rings. The summed E-state index contributed by atoms with van der Waals surface area (Å²) in [7, 11) is 3.83. The highest BCUT2D eigenvalue weighted by Crippen LogP contribution is 2.45. The van der Waals surface area contributed by atoms with Gasteiger partial charge in [-0.3, -0.25) is 25.2 Å². The summed E-state index contributed by atoms with van der Waals surface area (Å²) in [4.78, 5) is 43.9. The van der Waals surface area contributed by atoms with Gasteiger partial charge in [-0.1, -0.05) is 68.8 Å². The van der Waals surface area contributed by atoms with Gasteiger partial charge in [0.05, 0.1) is 6.04 Å². The monoisotopic (exact) mass is 667 g/mol. The van der Waals surface area contributed by atoms with Gasteiger partial charge in [0, 0.05) is 52.7 Å². The van der Waals surface area contributed by atoms with Crippen LogP contribution in [0.15, 0.2) is 97.1 Å². The molecule has 0 aliphatic carbocycles. The zero-order chi connectivity index (χ0) is 35.3. The number of hydrazine groups is 1. The Morgan fingerprint density at radius 3 is 2.34 bits per heavy atom. The fourth-order valence-electron chi connectivity index (χ4n) is 7.38. The van der Waals surface area contributed by atoms with E-state index in [0.717, 1.165) is 49.9 Å². The Kier molecular flexibility index (Phi) is 8.43. The highest BCUT2D eigenvalue weighted by molar-refractivity contribution is 6.04. The Balaban J connectivity index is 1.18. The number of hydrogen-bond donors (Lipinski definition) is 2. The second-order valence-electron chi connectivity index (χ2n) is 13.3. The summed E-state index contributed by atoms with van der Waals surface area (Å²) in [6.07, 6.45) is 0.642. The molecule has 0 radical (unpaired) electrons. The lowest BCUT2D eigenvalue weighted by Gasteiger charge is -2.36. The topological polar surface area (TPSA) is 97.6 Å². The van der Waals surface area contributed by atoms with Gasteiger partial charge in [-0.05, 0) is 79.4 Å². The predicted octanol–water partition coefficient (Wildman–Crippen LogP) is 7.50. The van der Waals surface area contributed by atoms with Gasteiger partial charge < -0.3 is 18.8 Å². The molecule has 0 spiro atoms. The molecule has 3 unspecified atom stereocenters. The van der Waals surface area contributed by atoms with Crippen molar-refractivity contribution in [3.05, 3.63) is 131 Å². The summed E-state index contributed by atoms with van der Waals surface area (Å²) in [5.41, 5.74) is 12.1. The molecule has 1 aliphatic rings. The molecule has 0 saturated heterocycles. The number of benzene rings is 4. The smallest absolute Gasteiger partial charge is 0.286 e. The summed E-state index contributed by atoms with van der Waals surface area (Å²) < 4.78 is 9.98. The number of aromatic nitrogens is 2. The van der Waals surface area contributed by atoms with Gasteiger partial charge in [-0.25, -0.2) is 0 Å². The van der Waals surface area contributed by atoms with Crippen LogP contribution in [-0.2, 0) is 18.9 Å². The van der Waals surface area contributed by atoms with Crippen molar-refractivity contribution in [1.29, 1.82) is 0 Å². The van der Waals surface area contributed by atoms with Crippen LogP contribution in [0.5, 0.6) is 11.5 Å². The zero-order valence-electron chi connectivity index (χ0n) is 29.2. The first-order valence-corrected chi connectivity index (χ1v) is 17.0. The lowest BCUT2D eigenvalue weighted by atomic mass is 9.91. The number of rotatable bonds is 8. The Hall–Kier alpha value is -5.83. The largest absolute Gasteiger partial charge is 0.457 e. The molecule has 3 atom stereocenters. The lowest BCUT2D eigenvalue weighted by molar-refractivity contribution is -0.128. The number of hydrogen-bond acceptors (Lipinski definition) is 4. The van der Waals surface area contributed by atoms with E-state index >= 15 is 0 Å². The van der Waals surface area contributed by atoms with Crippen LogP contribution in [0.3, 0.4) is 0 Å². The first-order valence-electron chi connectivity index (χ1n) is 17.0. The van der Waals surface area contributed by atoms with E-state index in [9.17, 15) is 14.4 Å². The maximum absolute atomic E-state index is 14.3. The number of para-hydroxylation sites is 1. The number of carbonyl (C=O) groups excluding carboxylic acids is 3. The second kappa shape index (κ2) is 12.9. The number of nitrogens with one attached hydrogen (secondary N) is 2. The van der Waals surface area contributed by atoms with Crippen LogP contribution < -0.4 is 15.6 Å². The average Bonchev–Trinajstić information content (AvgIpc) is 3.69. The minimum atomic E-state index is -0.864. The van der Waals surface area contributed by atoms with Crippen LogP contribution in [0.2, 0.25) is 0 Å². The standard InChI is InChI=1S/C41H41N5O4/c1-7-25(3)37(46-38(30-15-8-9-16-31(30)41(46)49)36-26(4)44(5)34-18-11-10-17-32(34)36)40(48)43-42-39(47)35-23-27-22-29(19-20-33(27)45(35)6)50-28-14-12-13-24(2)21-28/h8-23,25,37-38H,7H2,1-6H3,(H,42,47)(H,43,48). The maximum Gasteiger partial charge on any atom is 0.286 e. The lowest BCUT2D eigenvalue weighted by Crippen LogP contribution is -2.56. The van der Waals surface area contributed by atoms with Crippen LogP contribution in [-0.4, -0.2) is 37.8 Å². The van der Waals surface area contributed by atoms with Crippen LogP contribution in [0.25, 0.3) is 21.8 Å². The van der Waals surface area contributed by atoms with Gasteiger partial charge >= 0.3 is 0 Å². The summed E-state index contributed by atoms with van der Waals surface area (Å²) in [5, 5.41) is 1.85. The molecule has 2 aromatic heterocycles. The number of amides is 3. The Bertz CT molecular complexity index is 2300. The van der Waals surface area contributed by atoms with Crippen LogP contribution in [0.1, 0.15) is 69.5 Å². The Morgan fingerprint density at radius 2 is 1.56 bits per heavy atom. The molecule has 9 heteroatoms. The number of carbonyl (C=O) groups is 3. The molecule has 3 amide bonds. The third kappa shape index (κ3) is 5.48. The van der Waals surface area contributed by atoms with Crippen LogP contribution >= 0.6 is 0 Å². The van der Waals surface area contributed by atoms with Gasteiger partial charge in [0.15, 0.2) is 0 Å². The summed E-state index contributed by atoms with van der Waals surface area (Å²) >= 11 is 0. The molecule has 0 fully saturated rings. The quantitative estimate of drug-likeness (QED) is 0.164. The number of fused-ring (bicyclic) bond motifs is 3. The highest BCUT2D eigenvalue weighted by Gasteiger charge is 2.47. The van der Waals surface area contributed by atoms with E-state index in [1.165, 1.54) is 0 Å². The van der Waals surface area contributed by atoms with Crippen molar-refractivity contribution in [2.45, 2.75) is 46.2 Å². The minimum Gasteiger partial charge on any atom is -0.457 e. The number of nitrogens with zero attached hydrogens (tertiary/aromatic N) is 3. The van der Waals surface area contributed by atoms with Crippen LogP contribution in [0.4, 0.5) is 0 Å². The fraction of sp³-hybridized carbons (Fsp3) is 0.244. The SMILES string of the molecule is CCC(C)C(C(=O)NNC(=O)c1cc2cc(Oc3cccc(C)c3)ccc2n1C)N1C(=O)c2ccccc2C1c1c(C)n(C)c2ccccc12. The summed E-state index contributed by atoms with van der Waals surface area (Å²) in [6, 6.07) is 29.6. The molecule has 4 aromatic carbocycles. The second-order valence-corrected chi connectivity index (χ2v) is 13.3. The van der Waals surface area contributed by atoms with Gasteiger partial charge in [0.25, 0.3) is 17.7 Å². The van der Waals surface area contributed by atoms with Crippen molar-refractivity contribution in [3.63, 3.8) is 0 Å². The van der Waals surface area contributed by atoms with E-state index in [4.69, 9.17) is 4.74 Å². The first kappa shape index (κ1) is 32.7. The molecule has 7 rings (SSSR count). The molecule has 0 bridgehead atoms. The third-order valence-corrected chi connectivity index (χ3v) is 10.2. The Labute approximate surface area is 291 Å². The van der Waals surface area contributed by atoms with E-state index in [0.29, 0.717) is 23.4 Å². The molecule has 254 valence electrons. The third-order valence-electron chi connectivity index (χ3n) is 10.2. The van der Waals surface area contributed by atoms with Gasteiger partial charge in [-0.15, -0.1) is 0 Å². The van der Waals surface area contributed by atoms with Gasteiger partial charge in [0.1, 0.15) is 23.2 Å². The first-order chi connectivity index (χ1) is 24.1. The zero-order valence-corrected chi connectivity index (χ0v) is 29.2. The number of ether oxygens (including phenoxy) is 1. The van der Waals surface area contributed by atoms with Gasteiger partial charge in [0.2, 0.25) is 0 Å². The molecular formula is C41H41N5O4. The molecule has 2 N–H and O–H groups in total. The van der Waals surface area contributed by atoms with Crippen molar-refractivity contribution >= 4 is 39.5 Å². The van der Waals surface area contributed by atoms with E-state index in [-0.39, 0.29) is 11.8 Å². The van der Waals surface area contributed by atoms with Crippen molar-refractivity contribution in [1.82, 2.24) is 24.9 Å². The fourth-order valence-corrected chi connectivity index (χ4v) is 7.38. The van der Waals surface area contributed by atoms with E-state index in [1.807, 2.05) is 107 Å². The molecule has 0 saturated carbocycles. The van der Waals surface area contributed by atoms with Gasteiger partial charge in [-0.2, -0.15) is 0 Å². The van der Waals surface area contributed by atoms with Crippen molar-refractivity contribution in [2.24, 2.45) is 20.0 Å². The molecule has 50 heavy (non-hydrogen) atoms. The molecule has 3 heterocycles. The minimum absolute atomic E-state index is 0.206. The van der Waals surface area contributed by atoms with E-state index < -0.39 is 23.9 Å². The van der Waals surface area contributed by atoms with E-state index in [1.54, 1.807) is 22.6 Å². The molecular weight excluding hydrogens is 626 g/mol. The summed E-state index contributed by atoms with van der Waals surface area (Å²) in [6.45, 7) is 8.03.